The van der Waals surface area contributed by atoms with E-state index in [0.717, 1.165) is 0 Å². The fraction of sp³-hybridized carbons (Fsp3) is 0. The molecule has 0 aliphatic carbocycles. The zero-order chi connectivity index (χ0) is 13.0. The first-order chi connectivity index (χ1) is 7.20. The van der Waals surface area contributed by atoms with Gasteiger partial charge in [-0.05, 0) is 6.16 Å². The molecule has 1 rings (SSSR count). The van der Waals surface area contributed by atoms with Gasteiger partial charge in [0.25, 0.3) is 0 Å². The summed E-state index contributed by atoms with van der Waals surface area (Å²) in [7, 11) is 0. The maximum absolute atomic E-state index is 9.20. The number of phenols is 1. The maximum Gasteiger partial charge on any atom is 1.00 e. The van der Waals surface area contributed by atoms with E-state index in [1.54, 1.807) is 0 Å². The van der Waals surface area contributed by atoms with E-state index < -0.39 is 6.16 Å². The van der Waals surface area contributed by atoms with Crippen molar-refractivity contribution in [2.24, 2.45) is 0 Å². The quantitative estimate of drug-likeness (QED) is 0.288. The van der Waals surface area contributed by atoms with Gasteiger partial charge in [-0.2, -0.15) is 0 Å². The van der Waals surface area contributed by atoms with Crippen LogP contribution >= 0.6 is 58.0 Å². The van der Waals surface area contributed by atoms with Crippen LogP contribution < -0.4 is 69.3 Å². The van der Waals surface area contributed by atoms with E-state index in [1.807, 2.05) is 0 Å². The van der Waals surface area contributed by atoms with Gasteiger partial charge in [0.15, 0.2) is 5.75 Å². The third-order valence-corrected chi connectivity index (χ3v) is 3.44. The molecule has 1 N–H and O–H groups in total. The van der Waals surface area contributed by atoms with Crippen molar-refractivity contribution in [3.8, 4) is 5.75 Å². The van der Waals surface area contributed by atoms with Crippen molar-refractivity contribution in [2.75, 3.05) is 0 Å². The van der Waals surface area contributed by atoms with E-state index in [9.17, 15) is 5.11 Å². The minimum atomic E-state index is -2.33. The first kappa shape index (κ1) is 24.7. The molecule has 0 aliphatic heterocycles. The Morgan fingerprint density at radius 2 is 0.944 bits per heavy atom. The molecule has 0 bridgehead atoms. The molecule has 0 spiro atoms. The molecule has 0 aromatic heterocycles. The molecule has 1 aromatic carbocycles. The Kier molecular flexibility index (Phi) is 15.7. The minimum Gasteiger partial charge on any atom is -0.652 e. The van der Waals surface area contributed by atoms with Gasteiger partial charge in [-0.3, -0.25) is 0 Å². The number of hydrogen-bond acceptors (Lipinski definition) is 4. The Hall–Kier alpha value is 1.74. The van der Waals surface area contributed by atoms with E-state index in [-0.39, 0.29) is 90.0 Å². The molecule has 0 aliphatic rings. The van der Waals surface area contributed by atoms with Gasteiger partial charge < -0.3 is 20.1 Å². The van der Waals surface area contributed by atoms with Crippen molar-refractivity contribution in [3.63, 3.8) is 0 Å². The van der Waals surface area contributed by atoms with Gasteiger partial charge in [0.1, 0.15) is 10.0 Å². The molecular formula is C7HCl5Na2O4. The molecule has 4 nitrogen and oxygen atoms in total. The summed E-state index contributed by atoms with van der Waals surface area (Å²) >= 11 is 27.9. The topological polar surface area (TPSA) is 83.4 Å². The number of halogens is 5. The number of aromatic hydroxyl groups is 1. The normalized spacial score (nSPS) is 8.28. The summed E-state index contributed by atoms with van der Waals surface area (Å²) < 4.78 is 0. The zero-order valence-corrected chi connectivity index (χ0v) is 16.8. The second-order valence-electron chi connectivity index (χ2n) is 2.17. The first-order valence-corrected chi connectivity index (χ1v) is 5.17. The molecule has 0 heterocycles. The van der Waals surface area contributed by atoms with Crippen LogP contribution in [-0.4, -0.2) is 11.3 Å². The zero-order valence-electron chi connectivity index (χ0n) is 9.06. The Morgan fingerprint density at radius 3 is 1.17 bits per heavy atom. The summed E-state index contributed by atoms with van der Waals surface area (Å²) in [5.74, 6) is -0.363. The second-order valence-corrected chi connectivity index (χ2v) is 4.06. The molecule has 0 saturated carbocycles. The Bertz CT molecular complexity index is 320. The molecule has 1 aromatic rings. The monoisotopic (exact) mass is 370 g/mol. The molecule has 0 unspecified atom stereocenters. The van der Waals surface area contributed by atoms with Crippen LogP contribution in [0.25, 0.3) is 0 Å². The first-order valence-electron chi connectivity index (χ1n) is 3.28. The van der Waals surface area contributed by atoms with Gasteiger partial charge in [0.2, 0.25) is 0 Å². The van der Waals surface area contributed by atoms with Gasteiger partial charge in [-0.1, -0.05) is 58.0 Å². The molecule has 0 radical (unpaired) electrons. The number of carbonyl (C=O) groups is 1. The molecule has 0 saturated heterocycles. The van der Waals surface area contributed by atoms with E-state index in [0.29, 0.717) is 0 Å². The number of benzene rings is 1. The van der Waals surface area contributed by atoms with Crippen LogP contribution in [-0.2, 0) is 0 Å². The van der Waals surface area contributed by atoms with E-state index in [2.05, 4.69) is 0 Å². The van der Waals surface area contributed by atoms with Gasteiger partial charge in [0.05, 0.1) is 15.1 Å². The average Bonchev–Trinajstić information content (AvgIpc) is 2.20. The summed E-state index contributed by atoms with van der Waals surface area (Å²) in [4.78, 5) is 8.33. The molecule has 90 valence electrons. The largest absolute Gasteiger partial charge is 1.00 e. The van der Waals surface area contributed by atoms with Crippen molar-refractivity contribution in [1.29, 1.82) is 0 Å². The van der Waals surface area contributed by atoms with Gasteiger partial charge in [-0.15, -0.1) is 0 Å². The summed E-state index contributed by atoms with van der Waals surface area (Å²) in [5.41, 5.74) is 0. The van der Waals surface area contributed by atoms with Crippen LogP contribution in [0, 0.1) is 0 Å². The molecule has 0 fully saturated rings. The Labute approximate surface area is 172 Å². The second kappa shape index (κ2) is 11.4. The molecule has 0 atom stereocenters. The van der Waals surface area contributed by atoms with Crippen LogP contribution in [0.1, 0.15) is 0 Å². The molecule has 18 heavy (non-hydrogen) atoms. The van der Waals surface area contributed by atoms with Crippen LogP contribution in [0.2, 0.25) is 25.1 Å². The fourth-order valence-corrected chi connectivity index (χ4v) is 1.72. The standard InChI is InChI=1S/C6HCl5O.CH2O3.2Na/c7-1-2(8)4(10)6(12)5(11)3(1)9;2-1(3)4;;/h12H;(H2,2,3,4);;/q;;2*+1/p-2. The van der Waals surface area contributed by atoms with E-state index >= 15 is 0 Å². The van der Waals surface area contributed by atoms with Crippen molar-refractivity contribution in [1.82, 2.24) is 0 Å². The minimum absolute atomic E-state index is 0. The Morgan fingerprint density at radius 1 is 0.778 bits per heavy atom. The van der Waals surface area contributed by atoms with Crippen molar-refractivity contribution >= 4 is 64.2 Å². The Balaban J connectivity index is -0.000000332. The maximum atomic E-state index is 9.20. The SMILES string of the molecule is O=C([O-])[O-].Oc1c(Cl)c(Cl)c(Cl)c(Cl)c1Cl.[Na+].[Na+]. The van der Waals surface area contributed by atoms with Crippen LogP contribution in [0.5, 0.6) is 5.75 Å². The number of rotatable bonds is 0. The molecule has 0 amide bonds. The number of phenolic OH excluding ortho intramolecular Hbond substituents is 1. The summed E-state index contributed by atoms with van der Waals surface area (Å²) in [6, 6.07) is 0. The van der Waals surface area contributed by atoms with Gasteiger partial charge in [0, 0.05) is 0 Å². The van der Waals surface area contributed by atoms with Gasteiger partial charge in [-0.25, -0.2) is 0 Å². The molecule has 11 heteroatoms. The number of carboxylic acid groups (broad SMARTS) is 2. The van der Waals surface area contributed by atoms with Crippen LogP contribution in [0.3, 0.4) is 0 Å². The molecular weight excluding hydrogens is 371 g/mol. The average molecular weight is 372 g/mol. The smallest absolute Gasteiger partial charge is 0.652 e. The van der Waals surface area contributed by atoms with Crippen molar-refractivity contribution < 1.29 is 79.2 Å². The number of hydrogen-bond donors (Lipinski definition) is 1. The predicted octanol–water partition coefficient (Wildman–Crippen LogP) is -3.78. The van der Waals surface area contributed by atoms with Gasteiger partial charge >= 0.3 is 59.1 Å². The van der Waals surface area contributed by atoms with Crippen molar-refractivity contribution in [3.05, 3.63) is 25.1 Å². The predicted molar refractivity (Wildman–Crippen MR) is 58.6 cm³/mol. The van der Waals surface area contributed by atoms with Crippen molar-refractivity contribution in [2.45, 2.75) is 0 Å². The van der Waals surface area contributed by atoms with E-state index in [1.165, 1.54) is 0 Å². The third kappa shape index (κ3) is 7.50. The summed E-state index contributed by atoms with van der Waals surface area (Å²) in [6.45, 7) is 0. The van der Waals surface area contributed by atoms with Crippen LogP contribution in [0.4, 0.5) is 4.79 Å². The fourth-order valence-electron chi connectivity index (χ4n) is 0.593. The number of carbonyl (C=O) groups excluding carboxylic acids is 1. The van der Waals surface area contributed by atoms with Crippen LogP contribution in [0.15, 0.2) is 0 Å². The summed E-state index contributed by atoms with van der Waals surface area (Å²) in [6.07, 6.45) is -2.33. The third-order valence-electron chi connectivity index (χ3n) is 1.19. The summed E-state index contributed by atoms with van der Waals surface area (Å²) in [5, 5.41) is 25.7. The van der Waals surface area contributed by atoms with E-state index in [4.69, 9.17) is 73.0 Å².